The Balaban J connectivity index is 1.40. The highest BCUT2D eigenvalue weighted by Crippen LogP contribution is 2.32. The molecule has 0 radical (unpaired) electrons. The quantitative estimate of drug-likeness (QED) is 0.504. The zero-order valence-corrected chi connectivity index (χ0v) is 16.7. The van der Waals surface area contributed by atoms with Crippen LogP contribution in [-0.2, 0) is 6.61 Å². The number of allylic oxidation sites excluding steroid dienone is 1. The molecule has 0 bridgehead atoms. The number of anilines is 1. The van der Waals surface area contributed by atoms with Crippen molar-refractivity contribution in [1.29, 1.82) is 0 Å². The van der Waals surface area contributed by atoms with Crippen molar-refractivity contribution in [2.24, 2.45) is 0 Å². The number of aromatic nitrogens is 3. The van der Waals surface area contributed by atoms with Gasteiger partial charge in [-0.3, -0.25) is 0 Å². The van der Waals surface area contributed by atoms with E-state index in [1.807, 2.05) is 35.0 Å². The van der Waals surface area contributed by atoms with Crippen LogP contribution in [0.15, 0.2) is 91.3 Å². The van der Waals surface area contributed by atoms with Crippen LogP contribution in [-0.4, -0.2) is 14.8 Å². The van der Waals surface area contributed by atoms with Crippen LogP contribution in [0.3, 0.4) is 0 Å². The largest absolute Gasteiger partial charge is 0.489 e. The number of hydrogen-bond donors (Lipinski definition) is 1. The Hall–Kier alpha value is -3.86. The van der Waals surface area contributed by atoms with E-state index in [0.29, 0.717) is 6.61 Å². The smallest absolute Gasteiger partial charge is 0.226 e. The summed E-state index contributed by atoms with van der Waals surface area (Å²) in [6.07, 6.45) is 3.77. The third kappa shape index (κ3) is 3.70. The fourth-order valence-electron chi connectivity index (χ4n) is 3.57. The number of hydrogen-bond acceptors (Lipinski definition) is 4. The molecule has 0 spiro atoms. The predicted octanol–water partition coefficient (Wildman–Crippen LogP) is 5.22. The second-order valence-corrected chi connectivity index (χ2v) is 7.39. The first-order valence-electron chi connectivity index (χ1n) is 9.98. The molecule has 1 aromatic heterocycles. The van der Waals surface area contributed by atoms with E-state index in [4.69, 9.17) is 4.74 Å². The molecule has 3 aromatic carbocycles. The average molecular weight is 394 g/mol. The lowest BCUT2D eigenvalue weighted by Gasteiger charge is -2.24. The molecule has 0 fully saturated rings. The lowest BCUT2D eigenvalue weighted by atomic mass is 10.0. The van der Waals surface area contributed by atoms with E-state index >= 15 is 0 Å². The minimum absolute atomic E-state index is 0.0387. The van der Waals surface area contributed by atoms with E-state index in [1.54, 1.807) is 6.33 Å². The summed E-state index contributed by atoms with van der Waals surface area (Å²) in [5.74, 6) is 1.58. The zero-order valence-electron chi connectivity index (χ0n) is 16.7. The van der Waals surface area contributed by atoms with E-state index in [-0.39, 0.29) is 6.04 Å². The molecule has 148 valence electrons. The lowest BCUT2D eigenvalue weighted by molar-refractivity contribution is 0.306. The molecule has 4 aromatic rings. The van der Waals surface area contributed by atoms with Crippen molar-refractivity contribution in [2.75, 3.05) is 5.32 Å². The fourth-order valence-corrected chi connectivity index (χ4v) is 3.57. The van der Waals surface area contributed by atoms with Crippen LogP contribution >= 0.6 is 0 Å². The van der Waals surface area contributed by atoms with Crippen molar-refractivity contribution in [3.8, 4) is 5.75 Å². The van der Waals surface area contributed by atoms with Gasteiger partial charge in [0.15, 0.2) is 0 Å². The standard InChI is InChI=1S/C25H22N4O/c1-18-7-9-20(10-8-18)23-15-24(29-25(28-23)26-17-27-29)21-11-13-22(14-12-21)30-16-19-5-3-2-4-6-19/h2-15,17,24H,16H2,1H3,(H,26,27,28)/t24-/m0/s1. The van der Waals surface area contributed by atoms with Gasteiger partial charge in [-0.15, -0.1) is 0 Å². The van der Waals surface area contributed by atoms with Gasteiger partial charge in [0.2, 0.25) is 5.95 Å². The second-order valence-electron chi connectivity index (χ2n) is 7.39. The Labute approximate surface area is 175 Å². The molecular weight excluding hydrogens is 372 g/mol. The maximum absolute atomic E-state index is 5.93. The topological polar surface area (TPSA) is 52.0 Å². The monoisotopic (exact) mass is 394 g/mol. The van der Waals surface area contributed by atoms with Gasteiger partial charge in [-0.05, 0) is 41.8 Å². The molecule has 0 amide bonds. The summed E-state index contributed by atoms with van der Waals surface area (Å²) in [6, 6.07) is 26.8. The summed E-state index contributed by atoms with van der Waals surface area (Å²) in [5, 5.41) is 7.81. The molecule has 0 aliphatic carbocycles. The predicted molar refractivity (Wildman–Crippen MR) is 118 cm³/mol. The first-order valence-corrected chi connectivity index (χ1v) is 9.98. The molecular formula is C25H22N4O. The molecule has 5 nitrogen and oxygen atoms in total. The second kappa shape index (κ2) is 7.87. The van der Waals surface area contributed by atoms with Crippen molar-refractivity contribution in [1.82, 2.24) is 14.8 Å². The molecule has 0 unspecified atom stereocenters. The Morgan fingerprint density at radius 3 is 2.47 bits per heavy atom. The van der Waals surface area contributed by atoms with E-state index < -0.39 is 0 Å². The Kier molecular flexibility index (Phi) is 4.77. The molecule has 1 aliphatic rings. The SMILES string of the molecule is Cc1ccc(C2=C[C@@H](c3ccc(OCc4ccccc4)cc3)n3ncnc3N2)cc1. The van der Waals surface area contributed by atoms with E-state index in [2.05, 4.69) is 76.9 Å². The Morgan fingerprint density at radius 1 is 0.933 bits per heavy atom. The van der Waals surface area contributed by atoms with Gasteiger partial charge in [-0.2, -0.15) is 10.1 Å². The first-order chi connectivity index (χ1) is 14.8. The van der Waals surface area contributed by atoms with E-state index in [0.717, 1.165) is 34.1 Å². The van der Waals surface area contributed by atoms with E-state index in [1.165, 1.54) is 5.56 Å². The summed E-state index contributed by atoms with van der Waals surface area (Å²) < 4.78 is 7.83. The maximum atomic E-state index is 5.93. The van der Waals surface area contributed by atoms with Gasteiger partial charge in [0.05, 0.1) is 0 Å². The van der Waals surface area contributed by atoms with Gasteiger partial charge in [-0.25, -0.2) is 4.68 Å². The zero-order chi connectivity index (χ0) is 20.3. The lowest BCUT2D eigenvalue weighted by Crippen LogP contribution is -2.20. The van der Waals surface area contributed by atoms with Crippen molar-refractivity contribution in [3.63, 3.8) is 0 Å². The van der Waals surface area contributed by atoms with Gasteiger partial charge in [0, 0.05) is 5.70 Å². The van der Waals surface area contributed by atoms with Crippen LogP contribution in [0.25, 0.3) is 5.70 Å². The highest BCUT2D eigenvalue weighted by atomic mass is 16.5. The van der Waals surface area contributed by atoms with Gasteiger partial charge in [-0.1, -0.05) is 72.3 Å². The van der Waals surface area contributed by atoms with Crippen molar-refractivity contribution in [3.05, 3.63) is 114 Å². The molecule has 1 atom stereocenters. The number of benzene rings is 3. The summed E-state index contributed by atoms with van der Waals surface area (Å²) >= 11 is 0. The molecule has 5 rings (SSSR count). The van der Waals surface area contributed by atoms with Crippen LogP contribution < -0.4 is 10.1 Å². The number of fused-ring (bicyclic) bond motifs is 1. The molecule has 2 heterocycles. The molecule has 0 saturated carbocycles. The number of ether oxygens (including phenoxy) is 1. The molecule has 1 N–H and O–H groups in total. The normalized spacial score (nSPS) is 15.1. The van der Waals surface area contributed by atoms with Gasteiger partial charge in [0.25, 0.3) is 0 Å². The summed E-state index contributed by atoms with van der Waals surface area (Å²) in [5.41, 5.74) is 5.67. The Morgan fingerprint density at radius 2 is 1.70 bits per heavy atom. The summed E-state index contributed by atoms with van der Waals surface area (Å²) in [6.45, 7) is 2.64. The number of nitrogens with one attached hydrogen (secondary N) is 1. The van der Waals surface area contributed by atoms with E-state index in [9.17, 15) is 0 Å². The number of aryl methyl sites for hydroxylation is 1. The third-order valence-electron chi connectivity index (χ3n) is 5.24. The van der Waals surface area contributed by atoms with Crippen molar-refractivity contribution >= 4 is 11.6 Å². The van der Waals surface area contributed by atoms with Gasteiger partial charge < -0.3 is 10.1 Å². The number of rotatable bonds is 5. The van der Waals surface area contributed by atoms with Crippen LogP contribution in [0, 0.1) is 6.92 Å². The molecule has 30 heavy (non-hydrogen) atoms. The van der Waals surface area contributed by atoms with Crippen LogP contribution in [0.1, 0.15) is 28.3 Å². The first kappa shape index (κ1) is 18.2. The van der Waals surface area contributed by atoms with Crippen LogP contribution in [0.2, 0.25) is 0 Å². The average Bonchev–Trinajstić information content (AvgIpc) is 3.27. The van der Waals surface area contributed by atoms with Crippen LogP contribution in [0.4, 0.5) is 5.95 Å². The Bertz CT molecular complexity index is 1160. The highest BCUT2D eigenvalue weighted by Gasteiger charge is 2.23. The molecule has 5 heteroatoms. The molecule has 1 aliphatic heterocycles. The molecule has 0 saturated heterocycles. The minimum Gasteiger partial charge on any atom is -0.489 e. The third-order valence-corrected chi connectivity index (χ3v) is 5.24. The number of nitrogens with zero attached hydrogens (tertiary/aromatic N) is 3. The van der Waals surface area contributed by atoms with Gasteiger partial charge in [0.1, 0.15) is 24.7 Å². The van der Waals surface area contributed by atoms with Crippen molar-refractivity contribution < 1.29 is 4.74 Å². The highest BCUT2D eigenvalue weighted by molar-refractivity contribution is 5.77. The summed E-state index contributed by atoms with van der Waals surface area (Å²) in [7, 11) is 0. The van der Waals surface area contributed by atoms with Crippen molar-refractivity contribution in [2.45, 2.75) is 19.6 Å². The van der Waals surface area contributed by atoms with Gasteiger partial charge >= 0.3 is 0 Å². The van der Waals surface area contributed by atoms with Crippen LogP contribution in [0.5, 0.6) is 5.75 Å². The minimum atomic E-state index is -0.0387. The summed E-state index contributed by atoms with van der Waals surface area (Å²) in [4.78, 5) is 4.38. The fraction of sp³-hybridized carbons (Fsp3) is 0.120. The maximum Gasteiger partial charge on any atom is 0.226 e.